The van der Waals surface area contributed by atoms with Crippen LogP contribution in [0.3, 0.4) is 0 Å². The van der Waals surface area contributed by atoms with Gasteiger partial charge in [0.25, 0.3) is 0 Å². The minimum absolute atomic E-state index is 0.363. The van der Waals surface area contributed by atoms with Gasteiger partial charge in [0.05, 0.1) is 30.2 Å². The number of aromatic nitrogens is 5. The van der Waals surface area contributed by atoms with Gasteiger partial charge in [-0.1, -0.05) is 5.21 Å². The monoisotopic (exact) mass is 195 g/mol. The van der Waals surface area contributed by atoms with Crippen molar-refractivity contribution >= 4 is 11.6 Å². The van der Waals surface area contributed by atoms with E-state index in [1.165, 1.54) is 6.33 Å². The molecule has 0 radical (unpaired) electrons. The first-order chi connectivity index (χ1) is 6.42. The molecule has 2 rings (SSSR count). The van der Waals surface area contributed by atoms with Crippen molar-refractivity contribution in [2.24, 2.45) is 0 Å². The van der Waals surface area contributed by atoms with Crippen LogP contribution in [-0.4, -0.2) is 25.0 Å². The van der Waals surface area contributed by atoms with Crippen LogP contribution in [0.2, 0.25) is 0 Å². The predicted octanol–water partition coefficient (Wildman–Crippen LogP) is 0.796. The molecule has 0 spiro atoms. The molecule has 0 amide bonds. The van der Waals surface area contributed by atoms with Gasteiger partial charge < -0.3 is 0 Å². The van der Waals surface area contributed by atoms with Crippen molar-refractivity contribution in [1.82, 2.24) is 25.0 Å². The maximum atomic E-state index is 5.68. The first-order valence-corrected chi connectivity index (χ1v) is 4.16. The van der Waals surface area contributed by atoms with Crippen LogP contribution in [0.5, 0.6) is 0 Å². The topological polar surface area (TPSA) is 56.5 Å². The van der Waals surface area contributed by atoms with Gasteiger partial charge in [0, 0.05) is 0 Å². The predicted molar refractivity (Wildman–Crippen MR) is 46.5 cm³/mol. The van der Waals surface area contributed by atoms with Crippen LogP contribution >= 0.6 is 11.6 Å². The second kappa shape index (κ2) is 3.49. The molecule has 0 aliphatic rings. The summed E-state index contributed by atoms with van der Waals surface area (Å²) in [5, 5.41) is 7.60. The number of hydrogen-bond acceptors (Lipinski definition) is 4. The van der Waals surface area contributed by atoms with E-state index in [0.717, 1.165) is 11.4 Å². The maximum absolute atomic E-state index is 5.68. The fourth-order valence-electron chi connectivity index (χ4n) is 0.965. The summed E-state index contributed by atoms with van der Waals surface area (Å²) in [6, 6.07) is 0. The lowest BCUT2D eigenvalue weighted by Crippen LogP contribution is -2.01. The summed E-state index contributed by atoms with van der Waals surface area (Å²) in [7, 11) is 0. The van der Waals surface area contributed by atoms with Crippen LogP contribution in [0.1, 0.15) is 5.69 Å². The van der Waals surface area contributed by atoms with Crippen molar-refractivity contribution in [3.8, 4) is 5.69 Å². The molecule has 0 fully saturated rings. The smallest absolute Gasteiger partial charge is 0.115 e. The molecule has 0 saturated heterocycles. The highest BCUT2D eigenvalue weighted by Gasteiger charge is 2.04. The van der Waals surface area contributed by atoms with Gasteiger partial charge in [0.1, 0.15) is 12.0 Å². The van der Waals surface area contributed by atoms with Gasteiger partial charge in [0.2, 0.25) is 0 Å². The molecule has 6 heteroatoms. The zero-order chi connectivity index (χ0) is 9.10. The average Bonchev–Trinajstić information content (AvgIpc) is 2.67. The molecular weight excluding hydrogens is 190 g/mol. The molecule has 0 bridgehead atoms. The molecule has 0 aromatic carbocycles. The van der Waals surface area contributed by atoms with Crippen molar-refractivity contribution in [3.05, 3.63) is 30.6 Å². The van der Waals surface area contributed by atoms with Gasteiger partial charge in [-0.15, -0.1) is 16.7 Å². The molecule has 5 nitrogen and oxygen atoms in total. The van der Waals surface area contributed by atoms with E-state index in [4.69, 9.17) is 11.6 Å². The highest BCUT2D eigenvalue weighted by Crippen LogP contribution is 2.07. The lowest BCUT2D eigenvalue weighted by molar-refractivity contribution is 0.773. The highest BCUT2D eigenvalue weighted by atomic mass is 35.5. The summed E-state index contributed by atoms with van der Waals surface area (Å²) < 4.78 is 1.60. The Hall–Kier alpha value is -1.49. The average molecular weight is 196 g/mol. The Morgan fingerprint density at radius 1 is 1.23 bits per heavy atom. The van der Waals surface area contributed by atoms with Crippen molar-refractivity contribution in [1.29, 1.82) is 0 Å². The first kappa shape index (κ1) is 8.12. The molecule has 66 valence electrons. The Bertz CT molecular complexity index is 385. The Balaban J connectivity index is 2.47. The number of halogens is 1. The van der Waals surface area contributed by atoms with E-state index in [0.29, 0.717) is 5.88 Å². The van der Waals surface area contributed by atoms with Crippen molar-refractivity contribution in [2.75, 3.05) is 0 Å². The fourth-order valence-corrected chi connectivity index (χ4v) is 1.15. The van der Waals surface area contributed by atoms with E-state index in [-0.39, 0.29) is 0 Å². The van der Waals surface area contributed by atoms with Gasteiger partial charge in [0.15, 0.2) is 0 Å². The summed E-state index contributed by atoms with van der Waals surface area (Å²) in [4.78, 5) is 7.75. The third kappa shape index (κ3) is 1.50. The van der Waals surface area contributed by atoms with Gasteiger partial charge in [-0.2, -0.15) is 0 Å². The molecule has 0 saturated carbocycles. The minimum Gasteiger partial charge on any atom is -0.243 e. The first-order valence-electron chi connectivity index (χ1n) is 3.63. The molecular formula is C7H6ClN5. The molecule has 0 N–H and O–H groups in total. The van der Waals surface area contributed by atoms with Gasteiger partial charge >= 0.3 is 0 Å². The van der Waals surface area contributed by atoms with E-state index in [1.54, 1.807) is 23.3 Å². The van der Waals surface area contributed by atoms with Crippen molar-refractivity contribution in [3.63, 3.8) is 0 Å². The van der Waals surface area contributed by atoms with Crippen LogP contribution in [0.4, 0.5) is 0 Å². The lowest BCUT2D eigenvalue weighted by Gasteiger charge is -2.00. The van der Waals surface area contributed by atoms with Crippen molar-refractivity contribution < 1.29 is 0 Å². The van der Waals surface area contributed by atoms with E-state index in [1.807, 2.05) is 0 Å². The summed E-state index contributed by atoms with van der Waals surface area (Å²) in [5.41, 5.74) is 1.58. The lowest BCUT2D eigenvalue weighted by atomic mass is 10.5. The molecule has 13 heavy (non-hydrogen) atoms. The normalized spacial score (nSPS) is 10.2. The summed E-state index contributed by atoms with van der Waals surface area (Å²) in [6.07, 6.45) is 6.37. The third-order valence-electron chi connectivity index (χ3n) is 1.55. The van der Waals surface area contributed by atoms with Gasteiger partial charge in [-0.05, 0) is 0 Å². The maximum Gasteiger partial charge on any atom is 0.115 e. The highest BCUT2D eigenvalue weighted by molar-refractivity contribution is 6.16. The van der Waals surface area contributed by atoms with Gasteiger partial charge in [-0.3, -0.25) is 0 Å². The summed E-state index contributed by atoms with van der Waals surface area (Å²) in [5.74, 6) is 0.363. The number of hydrogen-bond donors (Lipinski definition) is 0. The van der Waals surface area contributed by atoms with Gasteiger partial charge in [-0.25, -0.2) is 14.6 Å². The van der Waals surface area contributed by atoms with Crippen LogP contribution < -0.4 is 0 Å². The molecule has 2 heterocycles. The van der Waals surface area contributed by atoms with Crippen LogP contribution in [0, 0.1) is 0 Å². The molecule has 0 atom stereocenters. The van der Waals surface area contributed by atoms with Crippen molar-refractivity contribution in [2.45, 2.75) is 5.88 Å². The minimum atomic E-state index is 0.363. The second-order valence-electron chi connectivity index (χ2n) is 2.37. The number of rotatable bonds is 2. The summed E-state index contributed by atoms with van der Waals surface area (Å²) in [6.45, 7) is 0. The zero-order valence-corrected chi connectivity index (χ0v) is 7.39. The zero-order valence-electron chi connectivity index (χ0n) is 6.63. The molecule has 2 aromatic rings. The Morgan fingerprint density at radius 3 is 2.69 bits per heavy atom. The Labute approximate surface area is 79.4 Å². The molecule has 0 aliphatic carbocycles. The summed E-state index contributed by atoms with van der Waals surface area (Å²) >= 11 is 5.68. The number of alkyl halides is 1. The largest absolute Gasteiger partial charge is 0.243 e. The Kier molecular flexibility index (Phi) is 2.18. The van der Waals surface area contributed by atoms with E-state index in [2.05, 4.69) is 20.3 Å². The van der Waals surface area contributed by atoms with Crippen LogP contribution in [-0.2, 0) is 5.88 Å². The number of nitrogens with zero attached hydrogens (tertiary/aromatic N) is 5. The Morgan fingerprint density at radius 2 is 2.00 bits per heavy atom. The second-order valence-corrected chi connectivity index (χ2v) is 2.63. The third-order valence-corrected chi connectivity index (χ3v) is 1.82. The van der Waals surface area contributed by atoms with Crippen LogP contribution in [0.25, 0.3) is 5.69 Å². The quantitative estimate of drug-likeness (QED) is 0.665. The standard InChI is InChI=1S/C7H6ClN5/c8-1-6-4-11-12-13(6)7-2-9-5-10-3-7/h2-5H,1H2. The molecule has 0 aliphatic heterocycles. The van der Waals surface area contributed by atoms with E-state index >= 15 is 0 Å². The molecule has 2 aromatic heterocycles. The fraction of sp³-hybridized carbons (Fsp3) is 0.143. The van der Waals surface area contributed by atoms with E-state index < -0.39 is 0 Å². The SMILES string of the molecule is ClCc1cnnn1-c1cncnc1. The molecule has 0 unspecified atom stereocenters. The van der Waals surface area contributed by atoms with E-state index in [9.17, 15) is 0 Å². The van der Waals surface area contributed by atoms with Crippen LogP contribution in [0.15, 0.2) is 24.9 Å².